The maximum atomic E-state index is 4.39. The van der Waals surface area contributed by atoms with Crippen molar-refractivity contribution in [2.45, 2.75) is 19.4 Å². The molecule has 0 amide bonds. The average Bonchev–Trinajstić information content (AvgIpc) is 2.79. The van der Waals surface area contributed by atoms with Crippen LogP contribution in [0.25, 0.3) is 0 Å². The molecule has 0 radical (unpaired) electrons. The van der Waals surface area contributed by atoms with Crippen molar-refractivity contribution >= 4 is 0 Å². The minimum absolute atomic E-state index is 0.799. The molecular weight excluding hydrogens is 212 g/mol. The van der Waals surface area contributed by atoms with E-state index in [1.165, 1.54) is 0 Å². The van der Waals surface area contributed by atoms with Crippen molar-refractivity contribution in [1.29, 1.82) is 0 Å². The maximum absolute atomic E-state index is 4.39. The number of aryl methyl sites for hydroxylation is 1. The Labute approximate surface area is 102 Å². The standard InChI is InChI=1S/C13H18N4/c1-14-6-4-9-17-10-8-16-13(17)11-12-5-2-3-7-15-12/h2-3,5,7-8,10,14H,4,6,9,11H2,1H3. The Morgan fingerprint density at radius 1 is 1.24 bits per heavy atom. The Balaban J connectivity index is 1.99. The monoisotopic (exact) mass is 230 g/mol. The number of imidazole rings is 1. The molecule has 0 aromatic carbocycles. The molecule has 0 unspecified atom stereocenters. The lowest BCUT2D eigenvalue weighted by molar-refractivity contribution is 0.593. The highest BCUT2D eigenvalue weighted by Gasteiger charge is 2.04. The molecule has 4 nitrogen and oxygen atoms in total. The summed E-state index contributed by atoms with van der Waals surface area (Å²) < 4.78 is 2.20. The van der Waals surface area contributed by atoms with Crippen LogP contribution in [0.1, 0.15) is 17.9 Å². The first-order valence-corrected chi connectivity index (χ1v) is 5.94. The van der Waals surface area contributed by atoms with Gasteiger partial charge in [-0.1, -0.05) is 6.07 Å². The highest BCUT2D eigenvalue weighted by atomic mass is 15.1. The molecule has 0 bridgehead atoms. The number of pyridine rings is 1. The van der Waals surface area contributed by atoms with Gasteiger partial charge in [0.25, 0.3) is 0 Å². The predicted molar refractivity (Wildman–Crippen MR) is 67.8 cm³/mol. The molecular formula is C13H18N4. The number of nitrogens with one attached hydrogen (secondary N) is 1. The zero-order valence-electron chi connectivity index (χ0n) is 10.1. The van der Waals surface area contributed by atoms with E-state index in [4.69, 9.17) is 0 Å². The Morgan fingerprint density at radius 2 is 2.18 bits per heavy atom. The van der Waals surface area contributed by atoms with Crippen LogP contribution < -0.4 is 5.32 Å². The molecule has 0 saturated heterocycles. The Hall–Kier alpha value is -1.68. The topological polar surface area (TPSA) is 42.7 Å². The van der Waals surface area contributed by atoms with Gasteiger partial charge in [-0.2, -0.15) is 0 Å². The molecule has 90 valence electrons. The van der Waals surface area contributed by atoms with Crippen molar-refractivity contribution < 1.29 is 0 Å². The molecule has 0 saturated carbocycles. The summed E-state index contributed by atoms with van der Waals surface area (Å²) in [5.41, 5.74) is 1.06. The van der Waals surface area contributed by atoms with Crippen LogP contribution in [0.15, 0.2) is 36.8 Å². The summed E-state index contributed by atoms with van der Waals surface area (Å²) in [6.07, 6.45) is 7.63. The lowest BCUT2D eigenvalue weighted by Gasteiger charge is -2.07. The van der Waals surface area contributed by atoms with Crippen LogP contribution in [0, 0.1) is 0 Å². The summed E-state index contributed by atoms with van der Waals surface area (Å²) in [4.78, 5) is 8.72. The SMILES string of the molecule is CNCCCn1ccnc1Cc1ccccn1. The molecule has 2 heterocycles. The van der Waals surface area contributed by atoms with Crippen molar-refractivity contribution in [2.75, 3.05) is 13.6 Å². The molecule has 2 aromatic heterocycles. The average molecular weight is 230 g/mol. The van der Waals surface area contributed by atoms with Gasteiger partial charge in [-0.25, -0.2) is 4.98 Å². The number of aromatic nitrogens is 3. The molecule has 0 spiro atoms. The molecule has 17 heavy (non-hydrogen) atoms. The summed E-state index contributed by atoms with van der Waals surface area (Å²) >= 11 is 0. The first-order chi connectivity index (χ1) is 8.40. The van der Waals surface area contributed by atoms with Crippen LogP contribution in [0.2, 0.25) is 0 Å². The zero-order valence-corrected chi connectivity index (χ0v) is 10.1. The molecule has 0 aliphatic rings. The molecule has 0 atom stereocenters. The van der Waals surface area contributed by atoms with E-state index < -0.39 is 0 Å². The van der Waals surface area contributed by atoms with E-state index >= 15 is 0 Å². The van der Waals surface area contributed by atoms with Crippen molar-refractivity contribution in [3.05, 3.63) is 48.3 Å². The smallest absolute Gasteiger partial charge is 0.114 e. The summed E-state index contributed by atoms with van der Waals surface area (Å²) in [5.74, 6) is 1.08. The quantitative estimate of drug-likeness (QED) is 0.764. The zero-order chi connectivity index (χ0) is 11.9. The number of hydrogen-bond acceptors (Lipinski definition) is 3. The van der Waals surface area contributed by atoms with Crippen LogP contribution >= 0.6 is 0 Å². The molecule has 4 heteroatoms. The highest BCUT2D eigenvalue weighted by molar-refractivity contribution is 5.10. The van der Waals surface area contributed by atoms with Gasteiger partial charge in [-0.05, 0) is 32.1 Å². The van der Waals surface area contributed by atoms with Crippen LogP contribution in [-0.2, 0) is 13.0 Å². The fourth-order valence-corrected chi connectivity index (χ4v) is 1.80. The fraction of sp³-hybridized carbons (Fsp3) is 0.385. The van der Waals surface area contributed by atoms with Crippen LogP contribution in [0.5, 0.6) is 0 Å². The molecule has 0 fully saturated rings. The third-order valence-electron chi connectivity index (χ3n) is 2.69. The first-order valence-electron chi connectivity index (χ1n) is 5.94. The fourth-order valence-electron chi connectivity index (χ4n) is 1.80. The molecule has 0 aliphatic heterocycles. The second kappa shape index (κ2) is 6.15. The van der Waals surface area contributed by atoms with E-state index in [1.54, 1.807) is 0 Å². The van der Waals surface area contributed by atoms with Crippen LogP contribution in [0.3, 0.4) is 0 Å². The summed E-state index contributed by atoms with van der Waals surface area (Å²) in [7, 11) is 1.97. The van der Waals surface area contributed by atoms with Gasteiger partial charge in [0.05, 0.1) is 0 Å². The van der Waals surface area contributed by atoms with E-state index in [2.05, 4.69) is 19.9 Å². The predicted octanol–water partition coefficient (Wildman–Crippen LogP) is 1.48. The summed E-state index contributed by atoms with van der Waals surface area (Å²) in [5, 5.41) is 3.15. The van der Waals surface area contributed by atoms with E-state index in [-0.39, 0.29) is 0 Å². The van der Waals surface area contributed by atoms with Gasteiger partial charge < -0.3 is 9.88 Å². The lowest BCUT2D eigenvalue weighted by atomic mass is 10.2. The largest absolute Gasteiger partial charge is 0.335 e. The van der Waals surface area contributed by atoms with Gasteiger partial charge in [0.2, 0.25) is 0 Å². The minimum atomic E-state index is 0.799. The molecule has 1 N–H and O–H groups in total. The maximum Gasteiger partial charge on any atom is 0.114 e. The Kier molecular flexibility index (Phi) is 4.27. The van der Waals surface area contributed by atoms with E-state index in [1.807, 2.05) is 43.8 Å². The van der Waals surface area contributed by atoms with E-state index in [9.17, 15) is 0 Å². The van der Waals surface area contributed by atoms with Crippen molar-refractivity contribution in [3.63, 3.8) is 0 Å². The van der Waals surface area contributed by atoms with Crippen LogP contribution in [-0.4, -0.2) is 28.1 Å². The Bertz CT molecular complexity index is 436. The van der Waals surface area contributed by atoms with Gasteiger partial charge in [-0.3, -0.25) is 4.98 Å². The van der Waals surface area contributed by atoms with Crippen molar-refractivity contribution in [1.82, 2.24) is 19.9 Å². The van der Waals surface area contributed by atoms with Gasteiger partial charge in [0.15, 0.2) is 0 Å². The molecule has 2 aromatic rings. The van der Waals surface area contributed by atoms with Gasteiger partial charge in [-0.15, -0.1) is 0 Å². The number of rotatable bonds is 6. The first kappa shape index (κ1) is 11.8. The number of hydrogen-bond donors (Lipinski definition) is 1. The minimum Gasteiger partial charge on any atom is -0.335 e. The van der Waals surface area contributed by atoms with E-state index in [0.29, 0.717) is 0 Å². The van der Waals surface area contributed by atoms with Gasteiger partial charge >= 0.3 is 0 Å². The second-order valence-electron chi connectivity index (χ2n) is 3.99. The van der Waals surface area contributed by atoms with Crippen molar-refractivity contribution in [2.24, 2.45) is 0 Å². The summed E-state index contributed by atoms with van der Waals surface area (Å²) in [6, 6.07) is 5.98. The van der Waals surface area contributed by atoms with Gasteiger partial charge in [0, 0.05) is 37.3 Å². The van der Waals surface area contributed by atoms with Crippen LogP contribution in [0.4, 0.5) is 0 Å². The van der Waals surface area contributed by atoms with Gasteiger partial charge in [0.1, 0.15) is 5.82 Å². The third-order valence-corrected chi connectivity index (χ3v) is 2.69. The second-order valence-corrected chi connectivity index (χ2v) is 3.99. The third kappa shape index (κ3) is 3.39. The summed E-state index contributed by atoms with van der Waals surface area (Å²) in [6.45, 7) is 2.03. The highest BCUT2D eigenvalue weighted by Crippen LogP contribution is 2.05. The molecule has 2 rings (SSSR count). The lowest BCUT2D eigenvalue weighted by Crippen LogP contribution is -2.12. The van der Waals surface area contributed by atoms with Crippen molar-refractivity contribution in [3.8, 4) is 0 Å². The van der Waals surface area contributed by atoms with E-state index in [0.717, 1.165) is 37.4 Å². The molecule has 0 aliphatic carbocycles. The Morgan fingerprint density at radius 3 is 2.94 bits per heavy atom. The normalized spacial score (nSPS) is 10.6. The number of nitrogens with zero attached hydrogens (tertiary/aromatic N) is 3.